The second kappa shape index (κ2) is 4.92. The number of benzene rings is 1. The fourth-order valence-corrected chi connectivity index (χ4v) is 4.67. The van der Waals surface area contributed by atoms with E-state index in [0.29, 0.717) is 0 Å². The summed E-state index contributed by atoms with van der Waals surface area (Å²) in [7, 11) is 0. The monoisotopic (exact) mass is 268 g/mol. The molecule has 20 heavy (non-hydrogen) atoms. The Hall–Kier alpha value is -1.28. The average Bonchev–Trinajstić information content (AvgIpc) is 3.15. The predicted molar refractivity (Wildman–Crippen MR) is 83.6 cm³/mol. The van der Waals surface area contributed by atoms with E-state index in [1.165, 1.54) is 48.7 Å². The van der Waals surface area contributed by atoms with Crippen LogP contribution in [0.25, 0.3) is 10.9 Å². The van der Waals surface area contributed by atoms with Gasteiger partial charge in [-0.05, 0) is 67.7 Å². The minimum absolute atomic E-state index is 0.733. The zero-order chi connectivity index (χ0) is 13.5. The van der Waals surface area contributed by atoms with E-state index in [1.807, 2.05) is 0 Å². The number of aromatic nitrogens is 1. The van der Waals surface area contributed by atoms with Gasteiger partial charge in [-0.1, -0.05) is 18.6 Å². The van der Waals surface area contributed by atoms with Gasteiger partial charge in [0.15, 0.2) is 0 Å². The van der Waals surface area contributed by atoms with Crippen molar-refractivity contribution in [2.75, 3.05) is 6.54 Å². The van der Waals surface area contributed by atoms with Crippen LogP contribution in [-0.4, -0.2) is 11.1 Å². The van der Waals surface area contributed by atoms with E-state index < -0.39 is 0 Å². The van der Waals surface area contributed by atoms with Crippen molar-refractivity contribution in [2.45, 2.75) is 38.6 Å². The Labute approximate surface area is 121 Å². The van der Waals surface area contributed by atoms with Crippen molar-refractivity contribution in [2.24, 2.45) is 23.5 Å². The third kappa shape index (κ3) is 1.98. The molecule has 2 saturated carbocycles. The molecular formula is C18H24N2. The minimum atomic E-state index is 0.733. The van der Waals surface area contributed by atoms with Crippen LogP contribution in [0.2, 0.25) is 0 Å². The number of fused-ring (bicyclic) bond motifs is 3. The maximum atomic E-state index is 5.72. The smallest absolute Gasteiger partial charge is 0.0483 e. The van der Waals surface area contributed by atoms with Gasteiger partial charge in [-0.3, -0.25) is 0 Å². The molecule has 0 radical (unpaired) electrons. The predicted octanol–water partition coefficient (Wildman–Crippen LogP) is 3.58. The minimum Gasteiger partial charge on any atom is -0.347 e. The van der Waals surface area contributed by atoms with E-state index >= 15 is 0 Å². The van der Waals surface area contributed by atoms with Gasteiger partial charge in [-0.25, -0.2) is 0 Å². The average molecular weight is 268 g/mol. The molecule has 2 aliphatic rings. The molecule has 0 amide bonds. The topological polar surface area (TPSA) is 30.9 Å². The van der Waals surface area contributed by atoms with Gasteiger partial charge < -0.3 is 10.3 Å². The van der Waals surface area contributed by atoms with Crippen LogP contribution in [0.5, 0.6) is 0 Å². The SMILES string of the molecule is NCCc1cccc2c1ccn2CC1CC2CCC1C2. The molecule has 106 valence electrons. The molecule has 2 aliphatic carbocycles. The van der Waals surface area contributed by atoms with Gasteiger partial charge in [-0.2, -0.15) is 0 Å². The molecule has 2 heteroatoms. The van der Waals surface area contributed by atoms with Crippen molar-refractivity contribution >= 4 is 10.9 Å². The van der Waals surface area contributed by atoms with Crippen molar-refractivity contribution in [3.05, 3.63) is 36.0 Å². The van der Waals surface area contributed by atoms with E-state index in [-0.39, 0.29) is 0 Å². The van der Waals surface area contributed by atoms with Gasteiger partial charge in [0.2, 0.25) is 0 Å². The highest BCUT2D eigenvalue weighted by Crippen LogP contribution is 2.49. The second-order valence-corrected chi connectivity index (χ2v) is 6.79. The van der Waals surface area contributed by atoms with Crippen molar-refractivity contribution < 1.29 is 0 Å². The maximum absolute atomic E-state index is 5.72. The summed E-state index contributed by atoms with van der Waals surface area (Å²) in [5.41, 5.74) is 8.53. The Kier molecular flexibility index (Phi) is 3.07. The fourth-order valence-electron chi connectivity index (χ4n) is 4.67. The molecule has 2 bridgehead atoms. The first-order valence-corrected chi connectivity index (χ1v) is 8.12. The van der Waals surface area contributed by atoms with Crippen molar-refractivity contribution in [1.29, 1.82) is 0 Å². The summed E-state index contributed by atoms with van der Waals surface area (Å²) in [6.07, 6.45) is 9.21. The van der Waals surface area contributed by atoms with E-state index in [0.717, 1.165) is 30.7 Å². The molecule has 1 aromatic carbocycles. The van der Waals surface area contributed by atoms with Gasteiger partial charge in [0.05, 0.1) is 0 Å². The Morgan fingerprint density at radius 3 is 2.85 bits per heavy atom. The van der Waals surface area contributed by atoms with Gasteiger partial charge in [0.1, 0.15) is 0 Å². The quantitative estimate of drug-likeness (QED) is 0.902. The molecule has 3 unspecified atom stereocenters. The third-order valence-corrected chi connectivity index (χ3v) is 5.63. The number of hydrogen-bond donors (Lipinski definition) is 1. The molecule has 0 spiro atoms. The first kappa shape index (κ1) is 12.5. The van der Waals surface area contributed by atoms with Crippen LogP contribution < -0.4 is 5.73 Å². The van der Waals surface area contributed by atoms with Gasteiger partial charge in [-0.15, -0.1) is 0 Å². The molecule has 1 aromatic heterocycles. The van der Waals surface area contributed by atoms with E-state index in [1.54, 1.807) is 0 Å². The Morgan fingerprint density at radius 2 is 2.10 bits per heavy atom. The lowest BCUT2D eigenvalue weighted by Crippen LogP contribution is -2.16. The summed E-state index contributed by atoms with van der Waals surface area (Å²) in [5, 5.41) is 1.40. The Morgan fingerprint density at radius 1 is 1.15 bits per heavy atom. The summed E-state index contributed by atoms with van der Waals surface area (Å²) in [4.78, 5) is 0. The third-order valence-electron chi connectivity index (χ3n) is 5.63. The van der Waals surface area contributed by atoms with Crippen molar-refractivity contribution in [3.63, 3.8) is 0 Å². The lowest BCUT2D eigenvalue weighted by atomic mass is 9.89. The molecule has 3 atom stereocenters. The zero-order valence-electron chi connectivity index (χ0n) is 12.1. The molecular weight excluding hydrogens is 244 g/mol. The van der Waals surface area contributed by atoms with Gasteiger partial charge >= 0.3 is 0 Å². The molecule has 0 saturated heterocycles. The fraction of sp³-hybridized carbons (Fsp3) is 0.556. The summed E-state index contributed by atoms with van der Waals surface area (Å²) in [6.45, 7) is 1.95. The Balaban J connectivity index is 1.62. The Bertz CT molecular complexity index is 613. The number of nitrogens with zero attached hydrogens (tertiary/aromatic N) is 1. The van der Waals surface area contributed by atoms with Crippen LogP contribution in [0.4, 0.5) is 0 Å². The van der Waals surface area contributed by atoms with Crippen molar-refractivity contribution in [1.82, 2.24) is 4.57 Å². The standard InChI is InChI=1S/C18H24N2/c19-8-6-14-2-1-3-18-17(14)7-9-20(18)12-16-11-13-4-5-15(16)10-13/h1-3,7,9,13,15-16H,4-6,8,10-12,19H2. The van der Waals surface area contributed by atoms with Crippen molar-refractivity contribution in [3.8, 4) is 0 Å². The van der Waals surface area contributed by atoms with Crippen LogP contribution in [0.15, 0.2) is 30.5 Å². The molecule has 2 N–H and O–H groups in total. The normalized spacial score (nSPS) is 28.6. The lowest BCUT2D eigenvalue weighted by molar-refractivity contribution is 0.299. The number of rotatable bonds is 4. The van der Waals surface area contributed by atoms with E-state index in [4.69, 9.17) is 5.73 Å². The second-order valence-electron chi connectivity index (χ2n) is 6.79. The largest absolute Gasteiger partial charge is 0.347 e. The highest BCUT2D eigenvalue weighted by Gasteiger charge is 2.39. The molecule has 2 aromatic rings. The first-order chi connectivity index (χ1) is 9.85. The molecule has 2 nitrogen and oxygen atoms in total. The molecule has 2 fully saturated rings. The summed E-state index contributed by atoms with van der Waals surface area (Å²) in [6, 6.07) is 8.96. The summed E-state index contributed by atoms with van der Waals surface area (Å²) in [5.74, 6) is 2.96. The zero-order valence-corrected chi connectivity index (χ0v) is 12.1. The highest BCUT2D eigenvalue weighted by molar-refractivity contribution is 5.83. The van der Waals surface area contributed by atoms with Gasteiger partial charge in [0, 0.05) is 23.6 Å². The van der Waals surface area contributed by atoms with Crippen LogP contribution in [0.1, 0.15) is 31.2 Å². The van der Waals surface area contributed by atoms with Gasteiger partial charge in [0.25, 0.3) is 0 Å². The summed E-state index contributed by atoms with van der Waals surface area (Å²) < 4.78 is 2.49. The maximum Gasteiger partial charge on any atom is 0.0483 e. The molecule has 1 heterocycles. The lowest BCUT2D eigenvalue weighted by Gasteiger charge is -2.22. The molecule has 0 aliphatic heterocycles. The molecule has 4 rings (SSSR count). The number of hydrogen-bond acceptors (Lipinski definition) is 1. The van der Waals surface area contributed by atoms with E-state index in [9.17, 15) is 0 Å². The van der Waals surface area contributed by atoms with E-state index in [2.05, 4.69) is 35.0 Å². The summed E-state index contributed by atoms with van der Waals surface area (Å²) >= 11 is 0. The van der Waals surface area contributed by atoms with Crippen LogP contribution in [-0.2, 0) is 13.0 Å². The van der Waals surface area contributed by atoms with Crippen LogP contribution in [0, 0.1) is 17.8 Å². The van der Waals surface area contributed by atoms with Crippen LogP contribution >= 0.6 is 0 Å². The number of nitrogens with two attached hydrogens (primary N) is 1. The van der Waals surface area contributed by atoms with Crippen LogP contribution in [0.3, 0.4) is 0 Å². The first-order valence-electron chi connectivity index (χ1n) is 8.12. The highest BCUT2D eigenvalue weighted by atomic mass is 15.0.